The normalized spacial score (nSPS) is 36.9. The molecule has 11 atom stereocenters. The lowest BCUT2D eigenvalue weighted by molar-refractivity contribution is -0.167. The summed E-state index contributed by atoms with van der Waals surface area (Å²) in [5.74, 6) is 3.20. The first kappa shape index (κ1) is 39.5. The minimum absolute atomic E-state index is 0.0137. The first-order chi connectivity index (χ1) is 22.3. The quantitative estimate of drug-likeness (QED) is 0.0720. The Labute approximate surface area is 288 Å². The molecule has 3 unspecified atom stereocenters. The van der Waals surface area contributed by atoms with E-state index in [1.807, 2.05) is 13.8 Å². The van der Waals surface area contributed by atoms with Crippen LogP contribution in [0.5, 0.6) is 0 Å². The zero-order valence-electron chi connectivity index (χ0n) is 30.5. The predicted octanol–water partition coefficient (Wildman–Crippen LogP) is 5.53. The van der Waals surface area contributed by atoms with Crippen LogP contribution in [0.4, 0.5) is 0 Å². The van der Waals surface area contributed by atoms with Crippen LogP contribution in [0.2, 0.25) is 0 Å². The molecule has 0 aromatic heterocycles. The number of aliphatic hydroxyl groups excluding tert-OH is 1. The van der Waals surface area contributed by atoms with Crippen molar-refractivity contribution < 1.29 is 22.3 Å². The molecule has 276 valence electrons. The summed E-state index contributed by atoms with van der Waals surface area (Å²) in [5, 5.41) is 22.8. The Hall–Kier alpha value is -0.330. The maximum absolute atomic E-state index is 11.8. The van der Waals surface area contributed by atoms with Gasteiger partial charge in [-0.05, 0) is 181 Å². The zero-order valence-corrected chi connectivity index (χ0v) is 31.3. The van der Waals surface area contributed by atoms with Crippen LogP contribution in [0.1, 0.15) is 125 Å². The monoisotopic (exact) mass is 685 g/mol. The van der Waals surface area contributed by atoms with Crippen LogP contribution < -0.4 is 21.7 Å². The van der Waals surface area contributed by atoms with Crippen LogP contribution in [0, 0.1) is 52.3 Å². The van der Waals surface area contributed by atoms with Crippen LogP contribution in [-0.2, 0) is 14.6 Å². The van der Waals surface area contributed by atoms with Crippen molar-refractivity contribution in [1.29, 1.82) is 0 Å². The number of hydrogen-bond donors (Lipinski definition) is 6. The van der Waals surface area contributed by atoms with Crippen molar-refractivity contribution >= 4 is 10.4 Å². The highest BCUT2D eigenvalue weighted by Gasteiger charge is 2.62. The third-order valence-corrected chi connectivity index (χ3v) is 14.3. The fourth-order valence-corrected chi connectivity index (χ4v) is 11.8. The van der Waals surface area contributed by atoms with Gasteiger partial charge in [0.15, 0.2) is 0 Å². The molecule has 0 amide bonds. The summed E-state index contributed by atoms with van der Waals surface area (Å²) in [6.45, 7) is 17.4. The van der Waals surface area contributed by atoms with Gasteiger partial charge in [-0.1, -0.05) is 34.6 Å². The molecule has 4 saturated carbocycles. The standard InChI is InChI=1S/C37H72N4O5S/c1-26(2)34(46-47(43,44)45)13-10-27(3)30-11-12-31-35-32(15-17-37(30,31)5)36(4)16-14-29(24-28(36)25-33(35)42)41-23-9-22-40-20-7-6-19-39-21-8-18-38/h26-35,39-42H,6-25,38H2,1-5H3,(H,43,44,45)/t27-,28-,29+,30-,31?,32?,33-,34+,35?,36+,37-/m1/s1. The van der Waals surface area contributed by atoms with E-state index >= 15 is 0 Å². The van der Waals surface area contributed by atoms with E-state index in [-0.39, 0.29) is 17.4 Å². The van der Waals surface area contributed by atoms with E-state index in [0.29, 0.717) is 53.4 Å². The Balaban J connectivity index is 1.23. The third-order valence-electron chi connectivity index (χ3n) is 13.8. The van der Waals surface area contributed by atoms with Crippen molar-refractivity contribution in [2.24, 2.45) is 58.0 Å². The molecule has 47 heavy (non-hydrogen) atoms. The Morgan fingerprint density at radius 1 is 0.830 bits per heavy atom. The molecule has 7 N–H and O–H groups in total. The van der Waals surface area contributed by atoms with E-state index in [9.17, 15) is 18.1 Å². The largest absolute Gasteiger partial charge is 0.397 e. The molecule has 4 aliphatic carbocycles. The lowest BCUT2D eigenvalue weighted by Crippen LogP contribution is -2.59. The summed E-state index contributed by atoms with van der Waals surface area (Å²) in [4.78, 5) is 0. The molecule has 0 bridgehead atoms. The Kier molecular flexibility index (Phi) is 14.9. The molecule has 10 heteroatoms. The summed E-state index contributed by atoms with van der Waals surface area (Å²) in [5.41, 5.74) is 6.08. The van der Waals surface area contributed by atoms with Crippen LogP contribution in [0.15, 0.2) is 0 Å². The van der Waals surface area contributed by atoms with Gasteiger partial charge in [-0.15, -0.1) is 0 Å². The maximum Gasteiger partial charge on any atom is 0.397 e. The van der Waals surface area contributed by atoms with Gasteiger partial charge >= 0.3 is 10.4 Å². The van der Waals surface area contributed by atoms with Gasteiger partial charge in [0.05, 0.1) is 12.2 Å². The lowest BCUT2D eigenvalue weighted by Gasteiger charge is -2.62. The van der Waals surface area contributed by atoms with Gasteiger partial charge in [0, 0.05) is 6.04 Å². The molecule has 0 aromatic rings. The zero-order chi connectivity index (χ0) is 34.2. The molecule has 0 saturated heterocycles. The summed E-state index contributed by atoms with van der Waals surface area (Å²) < 4.78 is 37.2. The molecule has 0 radical (unpaired) electrons. The minimum Gasteiger partial charge on any atom is -0.393 e. The van der Waals surface area contributed by atoms with E-state index < -0.39 is 16.5 Å². The van der Waals surface area contributed by atoms with Crippen molar-refractivity contribution in [2.75, 3.05) is 39.3 Å². The predicted molar refractivity (Wildman–Crippen MR) is 191 cm³/mol. The van der Waals surface area contributed by atoms with Crippen LogP contribution in [0.25, 0.3) is 0 Å². The van der Waals surface area contributed by atoms with E-state index in [1.54, 1.807) is 0 Å². The lowest BCUT2D eigenvalue weighted by atomic mass is 9.43. The maximum atomic E-state index is 11.8. The molecule has 0 heterocycles. The molecule has 0 aliphatic heterocycles. The first-order valence-corrected chi connectivity index (χ1v) is 20.8. The second kappa shape index (κ2) is 17.7. The Morgan fingerprint density at radius 2 is 1.47 bits per heavy atom. The van der Waals surface area contributed by atoms with Gasteiger partial charge in [0.2, 0.25) is 0 Å². The van der Waals surface area contributed by atoms with Crippen LogP contribution in [-0.4, -0.2) is 75.6 Å². The molecular weight excluding hydrogens is 612 g/mol. The number of fused-ring (bicyclic) bond motifs is 5. The molecule has 4 aliphatic rings. The van der Waals surface area contributed by atoms with E-state index in [0.717, 1.165) is 65.0 Å². The number of nitrogens with one attached hydrogen (secondary N) is 3. The van der Waals surface area contributed by atoms with E-state index in [2.05, 4.69) is 36.7 Å². The number of rotatable bonds is 20. The van der Waals surface area contributed by atoms with Gasteiger partial charge in [0.1, 0.15) is 0 Å². The van der Waals surface area contributed by atoms with Crippen LogP contribution >= 0.6 is 0 Å². The smallest absolute Gasteiger partial charge is 0.393 e. The highest BCUT2D eigenvalue weighted by Crippen LogP contribution is 2.68. The number of aliphatic hydroxyl groups is 1. The van der Waals surface area contributed by atoms with Gasteiger partial charge in [-0.3, -0.25) is 4.55 Å². The summed E-state index contributed by atoms with van der Waals surface area (Å²) in [7, 11) is -4.46. The molecule has 4 fully saturated rings. The van der Waals surface area contributed by atoms with E-state index in [4.69, 9.17) is 9.92 Å². The van der Waals surface area contributed by atoms with Crippen LogP contribution in [0.3, 0.4) is 0 Å². The van der Waals surface area contributed by atoms with Gasteiger partial charge in [-0.25, -0.2) is 4.18 Å². The van der Waals surface area contributed by atoms with Crippen molar-refractivity contribution in [3.05, 3.63) is 0 Å². The second-order valence-corrected chi connectivity index (χ2v) is 18.1. The molecular formula is C37H72N4O5S. The van der Waals surface area contributed by atoms with Gasteiger partial charge < -0.3 is 26.8 Å². The summed E-state index contributed by atoms with van der Waals surface area (Å²) >= 11 is 0. The van der Waals surface area contributed by atoms with Crippen molar-refractivity contribution in [3.8, 4) is 0 Å². The topological polar surface area (TPSA) is 146 Å². The van der Waals surface area contributed by atoms with Crippen molar-refractivity contribution in [3.63, 3.8) is 0 Å². The molecule has 4 rings (SSSR count). The van der Waals surface area contributed by atoms with Crippen molar-refractivity contribution in [2.45, 2.75) is 143 Å². The fraction of sp³-hybridized carbons (Fsp3) is 1.00. The Bertz CT molecular complexity index is 1050. The molecule has 0 aromatic carbocycles. The average molecular weight is 685 g/mol. The van der Waals surface area contributed by atoms with Crippen molar-refractivity contribution in [1.82, 2.24) is 16.0 Å². The number of nitrogens with two attached hydrogens (primary N) is 1. The number of hydrogen-bond acceptors (Lipinski definition) is 8. The first-order valence-electron chi connectivity index (χ1n) is 19.5. The molecule has 9 nitrogen and oxygen atoms in total. The summed E-state index contributed by atoms with van der Waals surface area (Å²) in [6.07, 6.45) is 15.0. The number of unbranched alkanes of at least 4 members (excludes halogenated alkanes) is 1. The van der Waals surface area contributed by atoms with Gasteiger partial charge in [0.25, 0.3) is 0 Å². The highest BCUT2D eigenvalue weighted by atomic mass is 32.3. The second-order valence-electron chi connectivity index (χ2n) is 17.0. The fourth-order valence-electron chi connectivity index (χ4n) is 11.2. The third kappa shape index (κ3) is 10.1. The average Bonchev–Trinajstić information content (AvgIpc) is 3.36. The van der Waals surface area contributed by atoms with E-state index in [1.165, 1.54) is 57.8 Å². The highest BCUT2D eigenvalue weighted by molar-refractivity contribution is 7.80. The van der Waals surface area contributed by atoms with Gasteiger partial charge in [-0.2, -0.15) is 8.42 Å². The molecule has 0 spiro atoms. The SMILES string of the molecule is CC(C)[C@H](CC[C@@H](C)[C@H]1CCC2C3C(CC[C@@]21C)[C@@]1(C)CC[C@H](NCCCNCCCCNCCCN)C[C@@H]1C[C@H]3O)OS(=O)(=O)O. The minimum atomic E-state index is -4.46. The Morgan fingerprint density at radius 3 is 2.13 bits per heavy atom. The summed E-state index contributed by atoms with van der Waals surface area (Å²) in [6, 6.07) is 0.571.